The van der Waals surface area contributed by atoms with Crippen molar-refractivity contribution in [1.29, 1.82) is 0 Å². The average molecular weight is 259 g/mol. The van der Waals surface area contributed by atoms with Crippen molar-refractivity contribution in [3.8, 4) is 5.88 Å². The van der Waals surface area contributed by atoms with Crippen molar-refractivity contribution in [3.05, 3.63) is 40.3 Å². The topological polar surface area (TPSA) is 61.3 Å². The quantitative estimate of drug-likeness (QED) is 0.919. The number of aromatic nitrogens is 1. The second-order valence-electron chi connectivity index (χ2n) is 3.01. The Morgan fingerprint density at radius 2 is 2.19 bits per heavy atom. The Hall–Kier alpha value is -1.39. The molecule has 16 heavy (non-hydrogen) atoms. The number of nitrogens with two attached hydrogens (primary N) is 1. The number of nitrogens with zero attached hydrogens (tertiary/aromatic N) is 1. The number of hydrogen-bond donors (Lipinski definition) is 1. The first-order valence-corrected chi connectivity index (χ1v) is 5.19. The summed E-state index contributed by atoms with van der Waals surface area (Å²) < 4.78 is 10.4. The molecular formula is C10H8Cl2N2O2. The number of rotatable bonds is 3. The zero-order valence-electron chi connectivity index (χ0n) is 8.11. The fourth-order valence-corrected chi connectivity index (χ4v) is 1.51. The van der Waals surface area contributed by atoms with Crippen LogP contribution in [0.3, 0.4) is 0 Å². The van der Waals surface area contributed by atoms with Crippen LogP contribution in [0, 0.1) is 0 Å². The molecule has 0 aliphatic rings. The van der Waals surface area contributed by atoms with E-state index in [1.54, 1.807) is 18.4 Å². The molecule has 4 nitrogen and oxygen atoms in total. The number of hydrogen-bond acceptors (Lipinski definition) is 4. The van der Waals surface area contributed by atoms with Crippen LogP contribution in [0.25, 0.3) is 0 Å². The Morgan fingerprint density at radius 1 is 1.38 bits per heavy atom. The molecule has 0 unspecified atom stereocenters. The van der Waals surface area contributed by atoms with E-state index in [1.807, 2.05) is 0 Å². The molecule has 2 aromatic heterocycles. The lowest BCUT2D eigenvalue weighted by Gasteiger charge is -2.06. The first-order valence-electron chi connectivity index (χ1n) is 4.43. The Balaban J connectivity index is 2.12. The highest BCUT2D eigenvalue weighted by Crippen LogP contribution is 2.29. The SMILES string of the molecule is Nc1nc(OCc2ccco2)c(Cl)cc1Cl. The van der Waals surface area contributed by atoms with Crippen LogP contribution in [0.1, 0.15) is 5.76 Å². The summed E-state index contributed by atoms with van der Waals surface area (Å²) in [6.45, 7) is 0.237. The lowest BCUT2D eigenvalue weighted by molar-refractivity contribution is 0.261. The van der Waals surface area contributed by atoms with Gasteiger partial charge in [-0.25, -0.2) is 0 Å². The van der Waals surface area contributed by atoms with E-state index >= 15 is 0 Å². The van der Waals surface area contributed by atoms with Crippen LogP contribution >= 0.6 is 23.2 Å². The molecule has 0 atom stereocenters. The summed E-state index contributed by atoms with van der Waals surface area (Å²) in [5.74, 6) is 1.09. The number of ether oxygens (including phenoxy) is 1. The van der Waals surface area contributed by atoms with Crippen LogP contribution in [0.2, 0.25) is 10.0 Å². The molecule has 2 rings (SSSR count). The van der Waals surface area contributed by atoms with E-state index in [4.69, 9.17) is 38.1 Å². The van der Waals surface area contributed by atoms with Gasteiger partial charge in [-0.3, -0.25) is 0 Å². The summed E-state index contributed by atoms with van der Waals surface area (Å²) in [6, 6.07) is 5.04. The second kappa shape index (κ2) is 4.63. The van der Waals surface area contributed by atoms with E-state index in [1.165, 1.54) is 6.07 Å². The van der Waals surface area contributed by atoms with Crippen LogP contribution in [0.5, 0.6) is 5.88 Å². The van der Waals surface area contributed by atoms with Gasteiger partial charge in [0, 0.05) is 0 Å². The molecule has 84 valence electrons. The van der Waals surface area contributed by atoms with Crippen LogP contribution in [-0.2, 0) is 6.61 Å². The van der Waals surface area contributed by atoms with Gasteiger partial charge in [0.05, 0.1) is 11.3 Å². The Morgan fingerprint density at radius 3 is 2.88 bits per heavy atom. The zero-order valence-corrected chi connectivity index (χ0v) is 9.63. The Kier molecular flexibility index (Phi) is 3.22. The van der Waals surface area contributed by atoms with Gasteiger partial charge in [0.25, 0.3) is 0 Å². The molecule has 2 heterocycles. The number of halogens is 2. The molecule has 0 amide bonds. The van der Waals surface area contributed by atoms with Crippen molar-refractivity contribution >= 4 is 29.0 Å². The van der Waals surface area contributed by atoms with Gasteiger partial charge in [0.1, 0.15) is 23.2 Å². The highest BCUT2D eigenvalue weighted by Gasteiger charge is 2.09. The van der Waals surface area contributed by atoms with Crippen molar-refractivity contribution in [1.82, 2.24) is 4.98 Å². The van der Waals surface area contributed by atoms with Gasteiger partial charge in [0.15, 0.2) is 0 Å². The summed E-state index contributed by atoms with van der Waals surface area (Å²) >= 11 is 11.6. The summed E-state index contributed by atoms with van der Waals surface area (Å²) in [5.41, 5.74) is 5.53. The summed E-state index contributed by atoms with van der Waals surface area (Å²) in [4.78, 5) is 3.92. The van der Waals surface area contributed by atoms with Crippen molar-refractivity contribution in [3.63, 3.8) is 0 Å². The third-order valence-electron chi connectivity index (χ3n) is 1.86. The van der Waals surface area contributed by atoms with Gasteiger partial charge in [-0.05, 0) is 18.2 Å². The fraction of sp³-hybridized carbons (Fsp3) is 0.100. The van der Waals surface area contributed by atoms with E-state index in [9.17, 15) is 0 Å². The van der Waals surface area contributed by atoms with E-state index in [2.05, 4.69) is 4.98 Å². The number of furan rings is 1. The largest absolute Gasteiger partial charge is 0.468 e. The van der Waals surface area contributed by atoms with Crippen LogP contribution in [0.4, 0.5) is 5.82 Å². The van der Waals surface area contributed by atoms with E-state index in [0.717, 1.165) is 0 Å². The minimum Gasteiger partial charge on any atom is -0.468 e. The number of nitrogen functional groups attached to an aromatic ring is 1. The van der Waals surface area contributed by atoms with Crippen molar-refractivity contribution in [2.45, 2.75) is 6.61 Å². The molecule has 0 spiro atoms. The lowest BCUT2D eigenvalue weighted by atomic mass is 10.4. The fourth-order valence-electron chi connectivity index (χ4n) is 1.10. The van der Waals surface area contributed by atoms with E-state index in [0.29, 0.717) is 15.8 Å². The summed E-state index contributed by atoms with van der Waals surface area (Å²) in [5, 5.41) is 0.612. The molecule has 0 aromatic carbocycles. The van der Waals surface area contributed by atoms with Gasteiger partial charge in [-0.1, -0.05) is 23.2 Å². The predicted molar refractivity (Wildman–Crippen MR) is 61.7 cm³/mol. The van der Waals surface area contributed by atoms with Crippen LogP contribution < -0.4 is 10.5 Å². The number of pyridine rings is 1. The van der Waals surface area contributed by atoms with Crippen LogP contribution in [-0.4, -0.2) is 4.98 Å². The molecule has 6 heteroatoms. The van der Waals surface area contributed by atoms with E-state index in [-0.39, 0.29) is 18.3 Å². The lowest BCUT2D eigenvalue weighted by Crippen LogP contribution is -1.99. The molecule has 0 saturated heterocycles. The predicted octanol–water partition coefficient (Wildman–Crippen LogP) is 3.14. The highest BCUT2D eigenvalue weighted by molar-refractivity contribution is 6.36. The molecule has 0 aliphatic heterocycles. The Bertz CT molecular complexity index is 486. The van der Waals surface area contributed by atoms with Gasteiger partial charge < -0.3 is 14.9 Å². The third-order valence-corrected chi connectivity index (χ3v) is 2.43. The monoisotopic (exact) mass is 258 g/mol. The Labute approximate surface area is 102 Å². The van der Waals surface area contributed by atoms with Gasteiger partial charge in [-0.2, -0.15) is 4.98 Å². The zero-order chi connectivity index (χ0) is 11.5. The molecule has 0 saturated carbocycles. The highest BCUT2D eigenvalue weighted by atomic mass is 35.5. The minimum atomic E-state index is 0.181. The van der Waals surface area contributed by atoms with Gasteiger partial charge >= 0.3 is 0 Å². The average Bonchev–Trinajstić information content (AvgIpc) is 2.74. The molecule has 0 bridgehead atoms. The maximum absolute atomic E-state index is 5.88. The first kappa shape index (κ1) is 11.1. The van der Waals surface area contributed by atoms with Crippen molar-refractivity contribution < 1.29 is 9.15 Å². The molecular weight excluding hydrogens is 251 g/mol. The van der Waals surface area contributed by atoms with Crippen LogP contribution in [0.15, 0.2) is 28.9 Å². The van der Waals surface area contributed by atoms with Crippen molar-refractivity contribution in [2.75, 3.05) is 5.73 Å². The molecule has 0 radical (unpaired) electrons. The maximum atomic E-state index is 5.88. The van der Waals surface area contributed by atoms with E-state index < -0.39 is 0 Å². The smallest absolute Gasteiger partial charge is 0.235 e. The molecule has 0 fully saturated rings. The van der Waals surface area contributed by atoms with Crippen molar-refractivity contribution in [2.24, 2.45) is 0 Å². The molecule has 0 aliphatic carbocycles. The normalized spacial score (nSPS) is 10.4. The minimum absolute atomic E-state index is 0.181. The van der Waals surface area contributed by atoms with Gasteiger partial charge in [-0.15, -0.1) is 0 Å². The standard InChI is InChI=1S/C10H8Cl2N2O2/c11-7-4-8(12)10(14-9(7)13)16-5-6-2-1-3-15-6/h1-4H,5H2,(H2,13,14). The molecule has 2 N–H and O–H groups in total. The summed E-state index contributed by atoms with van der Waals surface area (Å²) in [7, 11) is 0. The first-order chi connectivity index (χ1) is 7.66. The maximum Gasteiger partial charge on any atom is 0.235 e. The second-order valence-corrected chi connectivity index (χ2v) is 3.82. The third kappa shape index (κ3) is 2.40. The molecule has 2 aromatic rings. The summed E-state index contributed by atoms with van der Waals surface area (Å²) in [6.07, 6.45) is 1.56. The van der Waals surface area contributed by atoms with Gasteiger partial charge in [0.2, 0.25) is 5.88 Å². The number of anilines is 1.